The maximum atomic E-state index is 12.5. The van der Waals surface area contributed by atoms with Gasteiger partial charge in [0.15, 0.2) is 6.61 Å². The van der Waals surface area contributed by atoms with Gasteiger partial charge in [0.05, 0.1) is 11.1 Å². The van der Waals surface area contributed by atoms with E-state index in [9.17, 15) is 4.79 Å². The largest absolute Gasteiger partial charge is 0.482 e. The van der Waals surface area contributed by atoms with Crippen molar-refractivity contribution in [2.24, 2.45) is 0 Å². The van der Waals surface area contributed by atoms with Crippen LogP contribution >= 0.6 is 27.5 Å². The molecule has 27 heavy (non-hydrogen) atoms. The van der Waals surface area contributed by atoms with Crippen LogP contribution in [0.25, 0.3) is 0 Å². The highest BCUT2D eigenvalue weighted by molar-refractivity contribution is 9.10. The van der Waals surface area contributed by atoms with Gasteiger partial charge in [-0.2, -0.15) is 0 Å². The number of nitrogens with one attached hydrogen (secondary N) is 1. The third-order valence-electron chi connectivity index (χ3n) is 4.10. The van der Waals surface area contributed by atoms with Crippen molar-refractivity contribution in [3.05, 3.63) is 99.0 Å². The summed E-state index contributed by atoms with van der Waals surface area (Å²) in [7, 11) is 0. The van der Waals surface area contributed by atoms with E-state index in [1.54, 1.807) is 12.1 Å². The molecule has 3 nitrogen and oxygen atoms in total. The van der Waals surface area contributed by atoms with Gasteiger partial charge < -0.3 is 10.1 Å². The van der Waals surface area contributed by atoms with Crippen LogP contribution in [-0.2, 0) is 4.79 Å². The van der Waals surface area contributed by atoms with Gasteiger partial charge in [0, 0.05) is 4.47 Å². The summed E-state index contributed by atoms with van der Waals surface area (Å²) in [5.41, 5.74) is 3.20. The van der Waals surface area contributed by atoms with E-state index >= 15 is 0 Å². The first-order valence-corrected chi connectivity index (χ1v) is 9.69. The van der Waals surface area contributed by atoms with E-state index in [1.165, 1.54) is 5.56 Å². The number of carbonyl (C=O) groups excluding carboxylic acids is 1. The number of hydrogen-bond acceptors (Lipinski definition) is 2. The van der Waals surface area contributed by atoms with Crippen LogP contribution in [-0.4, -0.2) is 12.5 Å². The van der Waals surface area contributed by atoms with Crippen molar-refractivity contribution in [2.45, 2.75) is 13.0 Å². The van der Waals surface area contributed by atoms with Crippen LogP contribution < -0.4 is 10.1 Å². The molecule has 0 fully saturated rings. The van der Waals surface area contributed by atoms with E-state index in [4.69, 9.17) is 16.3 Å². The van der Waals surface area contributed by atoms with Gasteiger partial charge in [-0.1, -0.05) is 87.7 Å². The average molecular weight is 445 g/mol. The lowest BCUT2D eigenvalue weighted by Crippen LogP contribution is -2.33. The fourth-order valence-corrected chi connectivity index (χ4v) is 3.43. The number of rotatable bonds is 6. The van der Waals surface area contributed by atoms with Gasteiger partial charge >= 0.3 is 0 Å². The predicted octanol–water partition coefficient (Wildman–Crippen LogP) is 5.70. The highest BCUT2D eigenvalue weighted by Gasteiger charge is 2.17. The Morgan fingerprint density at radius 1 is 1.04 bits per heavy atom. The average Bonchev–Trinajstić information content (AvgIpc) is 2.67. The summed E-state index contributed by atoms with van der Waals surface area (Å²) in [5, 5.41) is 3.51. The minimum Gasteiger partial charge on any atom is -0.482 e. The smallest absolute Gasteiger partial charge is 0.258 e. The highest BCUT2D eigenvalue weighted by atomic mass is 79.9. The number of halogens is 2. The molecule has 3 aromatic carbocycles. The summed E-state index contributed by atoms with van der Waals surface area (Å²) < 4.78 is 6.43. The molecule has 0 aliphatic rings. The SMILES string of the molecule is Cc1ccc([C@@H](NC(=O)COc2ccc(Br)cc2Cl)c2ccccc2)cc1. The summed E-state index contributed by atoms with van der Waals surface area (Å²) in [4.78, 5) is 12.5. The standard InChI is InChI=1S/C22H19BrClNO2/c1-15-7-9-17(10-8-15)22(16-5-3-2-4-6-16)25-21(26)14-27-20-12-11-18(23)13-19(20)24/h2-13,22H,14H2,1H3,(H,25,26)/t22-/m0/s1. The molecule has 0 aliphatic carbocycles. The van der Waals surface area contributed by atoms with E-state index < -0.39 is 0 Å². The van der Waals surface area contributed by atoms with Crippen molar-refractivity contribution in [2.75, 3.05) is 6.61 Å². The summed E-state index contributed by atoms with van der Waals surface area (Å²) >= 11 is 9.49. The van der Waals surface area contributed by atoms with Gasteiger partial charge in [-0.25, -0.2) is 0 Å². The van der Waals surface area contributed by atoms with E-state index in [2.05, 4.69) is 21.2 Å². The molecule has 1 N–H and O–H groups in total. The van der Waals surface area contributed by atoms with Gasteiger partial charge in [-0.05, 0) is 36.2 Å². The quantitative estimate of drug-likeness (QED) is 0.530. The second-order valence-electron chi connectivity index (χ2n) is 6.19. The molecule has 3 rings (SSSR count). The van der Waals surface area contributed by atoms with Crippen LogP contribution in [0.4, 0.5) is 0 Å². The molecule has 0 spiro atoms. The molecule has 0 saturated carbocycles. The maximum Gasteiger partial charge on any atom is 0.258 e. The van der Waals surface area contributed by atoms with Gasteiger partial charge in [-0.15, -0.1) is 0 Å². The number of ether oxygens (including phenoxy) is 1. The number of aryl methyl sites for hydroxylation is 1. The maximum absolute atomic E-state index is 12.5. The lowest BCUT2D eigenvalue weighted by atomic mass is 9.98. The zero-order valence-electron chi connectivity index (χ0n) is 14.8. The Kier molecular flexibility index (Phi) is 6.54. The first-order chi connectivity index (χ1) is 13.0. The zero-order chi connectivity index (χ0) is 19.2. The van der Waals surface area contributed by atoms with Crippen LogP contribution in [0.5, 0.6) is 5.75 Å². The first-order valence-electron chi connectivity index (χ1n) is 8.51. The molecule has 0 radical (unpaired) electrons. The van der Waals surface area contributed by atoms with Crippen LogP contribution in [0.15, 0.2) is 77.3 Å². The van der Waals surface area contributed by atoms with Gasteiger partial charge in [0.1, 0.15) is 5.75 Å². The lowest BCUT2D eigenvalue weighted by Gasteiger charge is -2.20. The normalized spacial score (nSPS) is 11.7. The van der Waals surface area contributed by atoms with Crippen LogP contribution in [0.3, 0.4) is 0 Å². The number of benzene rings is 3. The number of amides is 1. The Labute approximate surface area is 172 Å². The minimum atomic E-state index is -0.247. The first kappa shape index (κ1) is 19.5. The predicted molar refractivity (Wildman–Crippen MR) is 112 cm³/mol. The molecular formula is C22H19BrClNO2. The topological polar surface area (TPSA) is 38.3 Å². The number of hydrogen-bond donors (Lipinski definition) is 1. The summed E-state index contributed by atoms with van der Waals surface area (Å²) in [6.45, 7) is 1.92. The number of carbonyl (C=O) groups is 1. The fourth-order valence-electron chi connectivity index (χ4n) is 2.70. The Balaban J connectivity index is 1.73. The molecule has 0 aliphatic heterocycles. The molecule has 0 heterocycles. The van der Waals surface area contributed by atoms with Crippen LogP contribution in [0.2, 0.25) is 5.02 Å². The third-order valence-corrected chi connectivity index (χ3v) is 4.89. The van der Waals surface area contributed by atoms with Crippen molar-refractivity contribution in [3.8, 4) is 5.75 Å². The summed E-state index contributed by atoms with van der Waals surface area (Å²) in [5.74, 6) is 0.255. The molecule has 1 amide bonds. The molecule has 0 unspecified atom stereocenters. The molecule has 3 aromatic rings. The van der Waals surface area contributed by atoms with Crippen LogP contribution in [0, 0.1) is 6.92 Å². The van der Waals surface area contributed by atoms with Crippen molar-refractivity contribution >= 4 is 33.4 Å². The van der Waals surface area contributed by atoms with Gasteiger partial charge in [0.2, 0.25) is 0 Å². The van der Waals surface area contributed by atoms with Crippen molar-refractivity contribution in [1.29, 1.82) is 0 Å². The van der Waals surface area contributed by atoms with E-state index in [0.717, 1.165) is 15.6 Å². The second kappa shape index (κ2) is 9.07. The molecule has 138 valence electrons. The van der Waals surface area contributed by atoms with Gasteiger partial charge in [0.25, 0.3) is 5.91 Å². The molecule has 0 aromatic heterocycles. The third kappa shape index (κ3) is 5.34. The molecule has 1 atom stereocenters. The van der Waals surface area contributed by atoms with E-state index in [-0.39, 0.29) is 18.6 Å². The molecule has 0 saturated heterocycles. The molecular weight excluding hydrogens is 426 g/mol. The monoisotopic (exact) mass is 443 g/mol. The Hall–Kier alpha value is -2.30. The van der Waals surface area contributed by atoms with Gasteiger partial charge in [-0.3, -0.25) is 4.79 Å². The van der Waals surface area contributed by atoms with Crippen molar-refractivity contribution in [3.63, 3.8) is 0 Å². The minimum absolute atomic E-state index is 0.115. The summed E-state index contributed by atoms with van der Waals surface area (Å²) in [6, 6.07) is 23.0. The lowest BCUT2D eigenvalue weighted by molar-refractivity contribution is -0.123. The summed E-state index contributed by atoms with van der Waals surface area (Å²) in [6.07, 6.45) is 0. The zero-order valence-corrected chi connectivity index (χ0v) is 17.1. The van der Waals surface area contributed by atoms with Crippen molar-refractivity contribution < 1.29 is 9.53 Å². The second-order valence-corrected chi connectivity index (χ2v) is 7.51. The Morgan fingerprint density at radius 2 is 1.70 bits per heavy atom. The highest BCUT2D eigenvalue weighted by Crippen LogP contribution is 2.28. The van der Waals surface area contributed by atoms with E-state index in [0.29, 0.717) is 10.8 Å². The molecule has 5 heteroatoms. The Morgan fingerprint density at radius 3 is 2.37 bits per heavy atom. The van der Waals surface area contributed by atoms with Crippen LogP contribution in [0.1, 0.15) is 22.7 Å². The molecule has 0 bridgehead atoms. The fraction of sp³-hybridized carbons (Fsp3) is 0.136. The van der Waals surface area contributed by atoms with Crippen molar-refractivity contribution in [1.82, 2.24) is 5.32 Å². The Bertz CT molecular complexity index is 913. The van der Waals surface area contributed by atoms with E-state index in [1.807, 2.05) is 67.6 Å².